The lowest BCUT2D eigenvalue weighted by Gasteiger charge is -2.18. The van der Waals surface area contributed by atoms with Gasteiger partial charge in [-0.05, 0) is 37.1 Å². The van der Waals surface area contributed by atoms with Crippen LogP contribution < -0.4 is 5.32 Å². The molecule has 0 saturated carbocycles. The van der Waals surface area contributed by atoms with Gasteiger partial charge in [0.05, 0.1) is 12.2 Å². The third kappa shape index (κ3) is 1.30. The molecule has 3 heteroatoms. The molecule has 2 aromatic rings. The molecule has 1 aliphatic heterocycles. The van der Waals surface area contributed by atoms with Crippen LogP contribution in [0.3, 0.4) is 0 Å². The molecule has 0 aliphatic carbocycles. The first-order valence-corrected chi connectivity index (χ1v) is 6.05. The van der Waals surface area contributed by atoms with Crippen molar-refractivity contribution >= 4 is 22.5 Å². The molecular formula is C13H15ClN2. The number of aromatic nitrogens is 1. The number of hydrogen-bond donors (Lipinski definition) is 1. The zero-order chi connectivity index (χ0) is 11.3. The highest BCUT2D eigenvalue weighted by molar-refractivity contribution is 6.31. The maximum Gasteiger partial charge on any atom is 0.0729 e. The van der Waals surface area contributed by atoms with Gasteiger partial charge in [-0.1, -0.05) is 11.6 Å². The number of halogens is 1. The molecule has 0 amide bonds. The molecule has 2 nitrogen and oxygen atoms in total. The smallest absolute Gasteiger partial charge is 0.0729 e. The van der Waals surface area contributed by atoms with Gasteiger partial charge in [0.25, 0.3) is 0 Å². The Morgan fingerprint density at radius 3 is 2.94 bits per heavy atom. The molecule has 3 rings (SSSR count). The van der Waals surface area contributed by atoms with Crippen LogP contribution in [0.2, 0.25) is 5.02 Å². The molecule has 0 saturated heterocycles. The average molecular weight is 235 g/mol. The lowest BCUT2D eigenvalue weighted by atomic mass is 10.1. The number of benzene rings is 1. The fourth-order valence-corrected chi connectivity index (χ4v) is 3.04. The Morgan fingerprint density at radius 1 is 1.31 bits per heavy atom. The van der Waals surface area contributed by atoms with Gasteiger partial charge in [0.15, 0.2) is 0 Å². The fraction of sp³-hybridized carbons (Fsp3) is 0.385. The summed E-state index contributed by atoms with van der Waals surface area (Å²) in [6.45, 7) is 6.33. The van der Waals surface area contributed by atoms with Crippen molar-refractivity contribution in [2.45, 2.75) is 26.9 Å². The van der Waals surface area contributed by atoms with Crippen molar-refractivity contribution in [3.05, 3.63) is 34.0 Å². The van der Waals surface area contributed by atoms with Crippen LogP contribution in [0.5, 0.6) is 0 Å². The first-order valence-electron chi connectivity index (χ1n) is 5.67. The third-order valence-electron chi connectivity index (χ3n) is 3.51. The van der Waals surface area contributed by atoms with E-state index in [-0.39, 0.29) is 0 Å². The average Bonchev–Trinajstić information content (AvgIpc) is 2.54. The quantitative estimate of drug-likeness (QED) is 0.742. The second-order valence-electron chi connectivity index (χ2n) is 4.53. The van der Waals surface area contributed by atoms with Gasteiger partial charge in [-0.3, -0.25) is 5.32 Å². The largest absolute Gasteiger partial charge is 0.331 e. The minimum Gasteiger partial charge on any atom is -0.331 e. The highest BCUT2D eigenvalue weighted by Crippen LogP contribution is 2.31. The van der Waals surface area contributed by atoms with E-state index in [1.165, 1.54) is 27.7 Å². The zero-order valence-electron chi connectivity index (χ0n) is 9.60. The molecule has 1 aromatic heterocycles. The fourth-order valence-electron chi connectivity index (χ4n) is 2.77. The summed E-state index contributed by atoms with van der Waals surface area (Å²) in [7, 11) is 0. The molecule has 1 aliphatic rings. The maximum absolute atomic E-state index is 6.13. The summed E-state index contributed by atoms with van der Waals surface area (Å²) in [4.78, 5) is 0. The summed E-state index contributed by atoms with van der Waals surface area (Å²) in [5.74, 6) is 0. The van der Waals surface area contributed by atoms with Gasteiger partial charge in [0.2, 0.25) is 0 Å². The molecule has 0 radical (unpaired) electrons. The Labute approximate surface area is 100 Å². The SMILES string of the molecule is Cc1c2n(c3c(C)cc(Cl)cc13)CNCC2. The standard InChI is InChI=1S/C13H15ClN2/c1-8-5-10(14)6-11-9(2)12-3-4-15-7-16(12)13(8)11/h5-6,15H,3-4,7H2,1-2H3. The van der Waals surface area contributed by atoms with Crippen LogP contribution in [-0.4, -0.2) is 11.1 Å². The summed E-state index contributed by atoms with van der Waals surface area (Å²) >= 11 is 6.13. The molecule has 84 valence electrons. The van der Waals surface area contributed by atoms with Crippen LogP contribution in [-0.2, 0) is 13.1 Å². The Kier molecular flexibility index (Phi) is 2.23. The van der Waals surface area contributed by atoms with Gasteiger partial charge < -0.3 is 4.57 Å². The molecule has 1 N–H and O–H groups in total. The number of fused-ring (bicyclic) bond motifs is 3. The van der Waals surface area contributed by atoms with Crippen molar-refractivity contribution < 1.29 is 0 Å². The predicted octanol–water partition coefficient (Wildman–Crippen LogP) is 3.01. The zero-order valence-corrected chi connectivity index (χ0v) is 10.4. The van der Waals surface area contributed by atoms with Crippen molar-refractivity contribution in [3.8, 4) is 0 Å². The van der Waals surface area contributed by atoms with Crippen molar-refractivity contribution in [3.63, 3.8) is 0 Å². The summed E-state index contributed by atoms with van der Waals surface area (Å²) in [6.07, 6.45) is 1.11. The number of nitrogens with one attached hydrogen (secondary N) is 1. The number of nitrogens with zero attached hydrogens (tertiary/aromatic N) is 1. The van der Waals surface area contributed by atoms with Crippen LogP contribution in [0, 0.1) is 13.8 Å². The third-order valence-corrected chi connectivity index (χ3v) is 3.72. The summed E-state index contributed by atoms with van der Waals surface area (Å²) in [5.41, 5.74) is 5.45. The van der Waals surface area contributed by atoms with Gasteiger partial charge in [-0.15, -0.1) is 0 Å². The van der Waals surface area contributed by atoms with Crippen LogP contribution in [0.4, 0.5) is 0 Å². The van der Waals surface area contributed by atoms with E-state index in [2.05, 4.69) is 29.8 Å². The van der Waals surface area contributed by atoms with Crippen LogP contribution in [0.1, 0.15) is 16.8 Å². The van der Waals surface area contributed by atoms with E-state index in [1.54, 1.807) is 0 Å². The van der Waals surface area contributed by atoms with E-state index in [0.717, 1.165) is 24.7 Å². The van der Waals surface area contributed by atoms with Gasteiger partial charge in [0.1, 0.15) is 0 Å². The second-order valence-corrected chi connectivity index (χ2v) is 4.96. The molecule has 0 fully saturated rings. The highest BCUT2D eigenvalue weighted by atomic mass is 35.5. The van der Waals surface area contributed by atoms with Crippen molar-refractivity contribution in [1.82, 2.24) is 9.88 Å². The van der Waals surface area contributed by atoms with Crippen molar-refractivity contribution in [2.75, 3.05) is 6.54 Å². The molecule has 0 bridgehead atoms. The number of rotatable bonds is 0. The van der Waals surface area contributed by atoms with E-state index in [1.807, 2.05) is 6.07 Å². The molecule has 16 heavy (non-hydrogen) atoms. The summed E-state index contributed by atoms with van der Waals surface area (Å²) in [6, 6.07) is 4.13. The van der Waals surface area contributed by atoms with Gasteiger partial charge in [0, 0.05) is 29.1 Å². The topological polar surface area (TPSA) is 17.0 Å². The monoisotopic (exact) mass is 234 g/mol. The van der Waals surface area contributed by atoms with Crippen molar-refractivity contribution in [1.29, 1.82) is 0 Å². The summed E-state index contributed by atoms with van der Waals surface area (Å²) in [5, 5.41) is 5.56. The molecule has 2 heterocycles. The summed E-state index contributed by atoms with van der Waals surface area (Å²) < 4.78 is 2.39. The number of hydrogen-bond acceptors (Lipinski definition) is 1. The van der Waals surface area contributed by atoms with E-state index >= 15 is 0 Å². The normalized spacial score (nSPS) is 15.4. The predicted molar refractivity (Wildman–Crippen MR) is 68.1 cm³/mol. The highest BCUT2D eigenvalue weighted by Gasteiger charge is 2.18. The Bertz CT molecular complexity index is 569. The van der Waals surface area contributed by atoms with Crippen LogP contribution in [0.25, 0.3) is 10.9 Å². The molecule has 1 aromatic carbocycles. The van der Waals surface area contributed by atoms with Gasteiger partial charge >= 0.3 is 0 Å². The Morgan fingerprint density at radius 2 is 2.12 bits per heavy atom. The van der Waals surface area contributed by atoms with E-state index in [9.17, 15) is 0 Å². The van der Waals surface area contributed by atoms with Crippen LogP contribution >= 0.6 is 11.6 Å². The van der Waals surface area contributed by atoms with Gasteiger partial charge in [-0.25, -0.2) is 0 Å². The van der Waals surface area contributed by atoms with Crippen molar-refractivity contribution in [2.24, 2.45) is 0 Å². The van der Waals surface area contributed by atoms with E-state index < -0.39 is 0 Å². The molecular weight excluding hydrogens is 220 g/mol. The lowest BCUT2D eigenvalue weighted by molar-refractivity contribution is 0.504. The molecule has 0 spiro atoms. The number of aryl methyl sites for hydroxylation is 2. The Hall–Kier alpha value is -0.990. The maximum atomic E-state index is 6.13. The minimum atomic E-state index is 0.837. The lowest BCUT2D eigenvalue weighted by Crippen LogP contribution is -2.28. The van der Waals surface area contributed by atoms with E-state index in [0.29, 0.717) is 0 Å². The van der Waals surface area contributed by atoms with Crippen LogP contribution in [0.15, 0.2) is 12.1 Å². The molecule has 0 atom stereocenters. The molecule has 0 unspecified atom stereocenters. The Balaban J connectivity index is 2.44. The first-order chi connectivity index (χ1) is 7.68. The second kappa shape index (κ2) is 3.51. The first kappa shape index (κ1) is 10.2. The van der Waals surface area contributed by atoms with Gasteiger partial charge in [-0.2, -0.15) is 0 Å². The van der Waals surface area contributed by atoms with E-state index in [4.69, 9.17) is 11.6 Å². The minimum absolute atomic E-state index is 0.837.